The molecule has 0 aliphatic carbocycles. The summed E-state index contributed by atoms with van der Waals surface area (Å²) >= 11 is 0. The number of carbonyl (C=O) groups excluding carboxylic acids is 1. The molecule has 0 radical (unpaired) electrons. The van der Waals surface area contributed by atoms with Crippen LogP contribution in [0.5, 0.6) is 0 Å². The number of aromatic nitrogens is 3. The summed E-state index contributed by atoms with van der Waals surface area (Å²) in [5.74, 6) is 0.139. The molecule has 0 aromatic carbocycles. The van der Waals surface area contributed by atoms with Crippen molar-refractivity contribution < 1.29 is 9.53 Å². The number of nitrogens with two attached hydrogens (primary N) is 1. The number of carbonyl (C=O) groups is 1. The van der Waals surface area contributed by atoms with Gasteiger partial charge in [0.15, 0.2) is 5.65 Å². The number of fused-ring (bicyclic) bond motifs is 1. The number of nitrogens with zero attached hydrogens (tertiary/aromatic N) is 3. The first-order valence-corrected chi connectivity index (χ1v) is 5.96. The molecule has 0 saturated carbocycles. The minimum Gasteiger partial charge on any atom is -0.383 e. The second kappa shape index (κ2) is 5.66. The molecule has 0 spiro atoms. The number of hydrogen-bond acceptors (Lipinski definition) is 5. The standard InChI is InChI=1S/C12H17N5O2/c1-8-5-9-11(15-6-8)17(12(13)16-9)7-10(18)14-3-4-19-2/h5-6H,3-4,7H2,1-2H3,(H2,13,16)(H,14,18). The summed E-state index contributed by atoms with van der Waals surface area (Å²) in [7, 11) is 1.58. The number of anilines is 1. The number of amides is 1. The molecule has 2 heterocycles. The molecule has 102 valence electrons. The molecule has 19 heavy (non-hydrogen) atoms. The molecule has 3 N–H and O–H groups in total. The van der Waals surface area contributed by atoms with Gasteiger partial charge in [0.25, 0.3) is 0 Å². The van der Waals surface area contributed by atoms with Crippen LogP contribution in [-0.2, 0) is 16.1 Å². The van der Waals surface area contributed by atoms with E-state index in [1.165, 1.54) is 0 Å². The maximum Gasteiger partial charge on any atom is 0.240 e. The number of nitrogen functional groups attached to an aromatic ring is 1. The number of imidazole rings is 1. The van der Waals surface area contributed by atoms with Gasteiger partial charge < -0.3 is 15.8 Å². The van der Waals surface area contributed by atoms with Crippen LogP contribution in [0.4, 0.5) is 5.95 Å². The van der Waals surface area contributed by atoms with Gasteiger partial charge in [-0.3, -0.25) is 9.36 Å². The van der Waals surface area contributed by atoms with E-state index in [-0.39, 0.29) is 18.4 Å². The summed E-state index contributed by atoms with van der Waals surface area (Å²) in [5, 5.41) is 2.73. The number of aryl methyl sites for hydroxylation is 1. The third-order valence-electron chi connectivity index (χ3n) is 2.68. The Morgan fingerprint density at radius 2 is 2.37 bits per heavy atom. The second-order valence-electron chi connectivity index (χ2n) is 4.25. The van der Waals surface area contributed by atoms with E-state index in [1.807, 2.05) is 13.0 Å². The zero-order chi connectivity index (χ0) is 13.8. The number of nitrogens with one attached hydrogen (secondary N) is 1. The number of ether oxygens (including phenoxy) is 1. The zero-order valence-corrected chi connectivity index (χ0v) is 11.0. The molecule has 2 aromatic heterocycles. The Morgan fingerprint density at radius 1 is 1.58 bits per heavy atom. The smallest absolute Gasteiger partial charge is 0.240 e. The topological polar surface area (TPSA) is 95.1 Å². The predicted molar refractivity (Wildman–Crippen MR) is 71.6 cm³/mol. The van der Waals surface area contributed by atoms with Crippen LogP contribution in [0.2, 0.25) is 0 Å². The summed E-state index contributed by atoms with van der Waals surface area (Å²) in [6.45, 7) is 2.97. The highest BCUT2D eigenvalue weighted by molar-refractivity contribution is 5.80. The van der Waals surface area contributed by atoms with Crippen molar-refractivity contribution in [2.45, 2.75) is 13.5 Å². The number of methoxy groups -OCH3 is 1. The molecule has 0 unspecified atom stereocenters. The number of rotatable bonds is 5. The Hall–Kier alpha value is -2.15. The van der Waals surface area contributed by atoms with Crippen molar-refractivity contribution in [2.24, 2.45) is 0 Å². The minimum absolute atomic E-state index is 0.0993. The van der Waals surface area contributed by atoms with E-state index in [1.54, 1.807) is 17.9 Å². The molecular weight excluding hydrogens is 246 g/mol. The Morgan fingerprint density at radius 3 is 3.11 bits per heavy atom. The molecule has 7 nitrogen and oxygen atoms in total. The van der Waals surface area contributed by atoms with Gasteiger partial charge in [0, 0.05) is 19.9 Å². The largest absolute Gasteiger partial charge is 0.383 e. The van der Waals surface area contributed by atoms with Crippen LogP contribution in [0.25, 0.3) is 11.2 Å². The third kappa shape index (κ3) is 3.00. The summed E-state index contributed by atoms with van der Waals surface area (Å²) in [4.78, 5) is 20.2. The Kier molecular flexibility index (Phi) is 3.96. The van der Waals surface area contributed by atoms with Crippen LogP contribution in [0.3, 0.4) is 0 Å². The van der Waals surface area contributed by atoms with Gasteiger partial charge in [0.2, 0.25) is 11.9 Å². The van der Waals surface area contributed by atoms with Crippen LogP contribution in [0, 0.1) is 6.92 Å². The first-order valence-electron chi connectivity index (χ1n) is 5.96. The van der Waals surface area contributed by atoms with Crippen molar-refractivity contribution in [3.63, 3.8) is 0 Å². The van der Waals surface area contributed by atoms with Crippen LogP contribution in [0.1, 0.15) is 5.56 Å². The van der Waals surface area contributed by atoms with Crippen LogP contribution in [-0.4, -0.2) is 40.7 Å². The lowest BCUT2D eigenvalue weighted by atomic mass is 10.3. The van der Waals surface area contributed by atoms with Crippen molar-refractivity contribution >= 4 is 23.0 Å². The molecule has 0 aliphatic heterocycles. The van der Waals surface area contributed by atoms with Crippen molar-refractivity contribution in [2.75, 3.05) is 26.0 Å². The van der Waals surface area contributed by atoms with E-state index in [0.717, 1.165) is 5.56 Å². The van der Waals surface area contributed by atoms with Crippen molar-refractivity contribution in [1.82, 2.24) is 19.9 Å². The van der Waals surface area contributed by atoms with Crippen LogP contribution < -0.4 is 11.1 Å². The fourth-order valence-electron chi connectivity index (χ4n) is 1.78. The lowest BCUT2D eigenvalue weighted by Crippen LogP contribution is -2.30. The molecule has 0 saturated heterocycles. The van der Waals surface area contributed by atoms with E-state index in [0.29, 0.717) is 24.3 Å². The number of hydrogen-bond donors (Lipinski definition) is 2. The molecule has 2 rings (SSSR count). The van der Waals surface area contributed by atoms with Gasteiger partial charge in [-0.15, -0.1) is 0 Å². The quantitative estimate of drug-likeness (QED) is 0.745. The van der Waals surface area contributed by atoms with E-state index in [4.69, 9.17) is 10.5 Å². The van der Waals surface area contributed by atoms with E-state index in [2.05, 4.69) is 15.3 Å². The number of pyridine rings is 1. The SMILES string of the molecule is COCCNC(=O)Cn1c(N)nc2cc(C)cnc21. The fraction of sp³-hybridized carbons (Fsp3) is 0.417. The van der Waals surface area contributed by atoms with Crippen molar-refractivity contribution in [3.8, 4) is 0 Å². The monoisotopic (exact) mass is 263 g/mol. The van der Waals surface area contributed by atoms with Gasteiger partial charge in [0.1, 0.15) is 12.1 Å². The van der Waals surface area contributed by atoms with Crippen LogP contribution in [0.15, 0.2) is 12.3 Å². The molecule has 7 heteroatoms. The average Bonchev–Trinajstić information content (AvgIpc) is 2.65. The Bertz CT molecular complexity index is 593. The summed E-state index contributed by atoms with van der Waals surface area (Å²) in [6.07, 6.45) is 1.72. The summed E-state index contributed by atoms with van der Waals surface area (Å²) in [6, 6.07) is 1.89. The average molecular weight is 263 g/mol. The Labute approximate surface area is 110 Å². The normalized spacial score (nSPS) is 10.8. The first kappa shape index (κ1) is 13.3. The van der Waals surface area contributed by atoms with Gasteiger partial charge >= 0.3 is 0 Å². The summed E-state index contributed by atoms with van der Waals surface area (Å²) in [5.41, 5.74) is 8.13. The van der Waals surface area contributed by atoms with E-state index < -0.39 is 0 Å². The van der Waals surface area contributed by atoms with Gasteiger partial charge in [-0.2, -0.15) is 0 Å². The molecular formula is C12H17N5O2. The van der Waals surface area contributed by atoms with E-state index >= 15 is 0 Å². The first-order chi connectivity index (χ1) is 9.11. The lowest BCUT2D eigenvalue weighted by molar-refractivity contribution is -0.121. The maximum absolute atomic E-state index is 11.7. The van der Waals surface area contributed by atoms with Crippen molar-refractivity contribution in [3.05, 3.63) is 17.8 Å². The maximum atomic E-state index is 11.7. The molecule has 0 bridgehead atoms. The van der Waals surface area contributed by atoms with Crippen LogP contribution >= 0.6 is 0 Å². The van der Waals surface area contributed by atoms with Gasteiger partial charge in [-0.25, -0.2) is 9.97 Å². The zero-order valence-electron chi connectivity index (χ0n) is 11.0. The second-order valence-corrected chi connectivity index (χ2v) is 4.25. The van der Waals surface area contributed by atoms with Gasteiger partial charge in [-0.05, 0) is 18.6 Å². The van der Waals surface area contributed by atoms with E-state index in [9.17, 15) is 4.79 Å². The third-order valence-corrected chi connectivity index (χ3v) is 2.68. The fourth-order valence-corrected chi connectivity index (χ4v) is 1.78. The highest BCUT2D eigenvalue weighted by Gasteiger charge is 2.12. The molecule has 0 fully saturated rings. The van der Waals surface area contributed by atoms with Gasteiger partial charge in [-0.1, -0.05) is 0 Å². The van der Waals surface area contributed by atoms with Gasteiger partial charge in [0.05, 0.1) is 6.61 Å². The minimum atomic E-state index is -0.148. The Balaban J connectivity index is 2.16. The molecule has 0 aliphatic rings. The molecule has 1 amide bonds. The highest BCUT2D eigenvalue weighted by Crippen LogP contribution is 2.16. The predicted octanol–water partition coefficient (Wildman–Crippen LogP) is 0.0845. The highest BCUT2D eigenvalue weighted by atomic mass is 16.5. The molecule has 2 aromatic rings. The van der Waals surface area contributed by atoms with Crippen molar-refractivity contribution in [1.29, 1.82) is 0 Å². The molecule has 0 atom stereocenters. The summed E-state index contributed by atoms with van der Waals surface area (Å²) < 4.78 is 6.46. The lowest BCUT2D eigenvalue weighted by Gasteiger charge is -2.07.